The van der Waals surface area contributed by atoms with Crippen LogP contribution >= 0.6 is 0 Å². The highest BCUT2D eigenvalue weighted by Gasteiger charge is 2.49. The number of H-pyrrole nitrogens is 2. The molecule has 1 amide bonds. The summed E-state index contributed by atoms with van der Waals surface area (Å²) in [5.74, 6) is 1.94. The van der Waals surface area contributed by atoms with Gasteiger partial charge in [0.25, 0.3) is 0 Å². The second-order valence-electron chi connectivity index (χ2n) is 14.5. The van der Waals surface area contributed by atoms with E-state index in [-0.39, 0.29) is 6.09 Å². The number of imidazole rings is 2. The van der Waals surface area contributed by atoms with Gasteiger partial charge in [-0.25, -0.2) is 14.8 Å². The first-order valence-corrected chi connectivity index (χ1v) is 17.3. The van der Waals surface area contributed by atoms with Crippen molar-refractivity contribution in [3.8, 4) is 33.5 Å². The molecule has 8 rings (SSSR count). The Morgan fingerprint density at radius 2 is 1.64 bits per heavy atom. The summed E-state index contributed by atoms with van der Waals surface area (Å²) in [6.45, 7) is 9.38. The third-order valence-corrected chi connectivity index (χ3v) is 10.3. The SMILES string of the molecule is CCN(C(=O)OC(C)(C)C)C1(c2nc3ccc(-c4ccc(-c5ccc6c(c5)CCc5[nH]c([C@@H]7CCCN7)nc5-6)cc4)cc3[nH]2)CCC1. The van der Waals surface area contributed by atoms with Crippen LogP contribution in [0.4, 0.5) is 4.79 Å². The van der Waals surface area contributed by atoms with E-state index in [9.17, 15) is 4.79 Å². The van der Waals surface area contributed by atoms with E-state index in [1.165, 1.54) is 34.4 Å². The number of aryl methyl sites for hydroxylation is 2. The van der Waals surface area contributed by atoms with E-state index >= 15 is 0 Å². The predicted octanol–water partition coefficient (Wildman–Crippen LogP) is 8.45. The molecule has 0 bridgehead atoms. The number of ether oxygens (including phenoxy) is 1. The Hall–Kier alpha value is -4.43. The molecule has 1 atom stereocenters. The maximum Gasteiger partial charge on any atom is 0.411 e. The standard InChI is InChI=1S/C39H44N6O2/c1-5-45(37(46)47-38(2,3)4)39(19-7-20-39)36-42-30-17-14-27(23-33(30)43-36)25-11-9-24(10-12-25)26-13-16-29-28(22-26)15-18-31-34(29)44-35(41-31)32-8-6-21-40-32/h9-14,16-17,22-23,32,40H,5-8,15,18-21H2,1-4H3,(H,41,44)(H,42,43)/t32-/m0/s1. The lowest BCUT2D eigenvalue weighted by Crippen LogP contribution is -2.55. The van der Waals surface area contributed by atoms with Crippen LogP contribution in [0.2, 0.25) is 0 Å². The largest absolute Gasteiger partial charge is 0.444 e. The van der Waals surface area contributed by atoms with Crippen LogP contribution < -0.4 is 5.32 Å². The van der Waals surface area contributed by atoms with Crippen LogP contribution in [0.15, 0.2) is 60.7 Å². The number of aromatic amines is 2. The second-order valence-corrected chi connectivity index (χ2v) is 14.5. The van der Waals surface area contributed by atoms with Gasteiger partial charge in [0.15, 0.2) is 0 Å². The van der Waals surface area contributed by atoms with Gasteiger partial charge < -0.3 is 20.0 Å². The van der Waals surface area contributed by atoms with Crippen LogP contribution in [0.1, 0.15) is 88.7 Å². The molecule has 1 aliphatic heterocycles. The van der Waals surface area contributed by atoms with Crippen molar-refractivity contribution in [2.45, 2.75) is 89.8 Å². The molecular weight excluding hydrogens is 584 g/mol. The van der Waals surface area contributed by atoms with Gasteiger partial charge in [-0.15, -0.1) is 0 Å². The zero-order valence-electron chi connectivity index (χ0n) is 27.9. The van der Waals surface area contributed by atoms with Crippen molar-refractivity contribution in [1.82, 2.24) is 30.2 Å². The number of nitrogens with one attached hydrogen (secondary N) is 3. The number of hydrogen-bond donors (Lipinski definition) is 3. The van der Waals surface area contributed by atoms with Crippen molar-refractivity contribution in [2.75, 3.05) is 13.1 Å². The van der Waals surface area contributed by atoms with Crippen molar-refractivity contribution >= 4 is 17.1 Å². The van der Waals surface area contributed by atoms with Crippen LogP contribution in [-0.2, 0) is 23.1 Å². The molecule has 242 valence electrons. The fourth-order valence-electron chi connectivity index (χ4n) is 7.72. The molecule has 5 aromatic rings. The average Bonchev–Trinajstić information content (AvgIpc) is 3.81. The zero-order valence-corrected chi connectivity index (χ0v) is 27.9. The number of fused-ring (bicyclic) bond motifs is 4. The lowest BCUT2D eigenvalue weighted by molar-refractivity contribution is -0.0304. The second kappa shape index (κ2) is 11.4. The molecule has 3 aliphatic rings. The van der Waals surface area contributed by atoms with E-state index < -0.39 is 11.1 Å². The fourth-order valence-corrected chi connectivity index (χ4v) is 7.72. The van der Waals surface area contributed by atoms with E-state index in [0.717, 1.165) is 84.6 Å². The molecule has 0 radical (unpaired) electrons. The molecule has 2 fully saturated rings. The fraction of sp³-hybridized carbons (Fsp3) is 0.410. The van der Waals surface area contributed by atoms with Crippen LogP contribution in [-0.4, -0.2) is 49.6 Å². The minimum atomic E-state index is -0.547. The Morgan fingerprint density at radius 1 is 0.915 bits per heavy atom. The number of benzene rings is 3. The number of carbonyl (C=O) groups excluding carboxylic acids is 1. The summed E-state index contributed by atoms with van der Waals surface area (Å²) >= 11 is 0. The van der Waals surface area contributed by atoms with Crippen LogP contribution in [0.5, 0.6) is 0 Å². The molecule has 3 aromatic carbocycles. The van der Waals surface area contributed by atoms with Gasteiger partial charge in [-0.3, -0.25) is 4.90 Å². The predicted molar refractivity (Wildman–Crippen MR) is 186 cm³/mol. The van der Waals surface area contributed by atoms with Crippen LogP contribution in [0.3, 0.4) is 0 Å². The highest BCUT2D eigenvalue weighted by Crippen LogP contribution is 2.46. The zero-order chi connectivity index (χ0) is 32.3. The van der Waals surface area contributed by atoms with Gasteiger partial charge in [0, 0.05) is 17.8 Å². The Morgan fingerprint density at radius 3 is 2.30 bits per heavy atom. The highest BCUT2D eigenvalue weighted by molar-refractivity contribution is 5.83. The summed E-state index contributed by atoms with van der Waals surface area (Å²) in [5.41, 5.74) is 10.6. The molecule has 3 N–H and O–H groups in total. The van der Waals surface area contributed by atoms with Gasteiger partial charge in [-0.2, -0.15) is 0 Å². The third-order valence-electron chi connectivity index (χ3n) is 10.3. The molecule has 1 saturated carbocycles. The topological polar surface area (TPSA) is 98.9 Å². The van der Waals surface area contributed by atoms with Gasteiger partial charge in [0.1, 0.15) is 22.8 Å². The van der Waals surface area contributed by atoms with E-state index in [0.29, 0.717) is 12.6 Å². The number of rotatable bonds is 6. The van der Waals surface area contributed by atoms with E-state index in [1.807, 2.05) is 32.6 Å². The molecule has 8 heteroatoms. The Balaban J connectivity index is 1.03. The van der Waals surface area contributed by atoms with Gasteiger partial charge in [0.2, 0.25) is 0 Å². The monoisotopic (exact) mass is 628 g/mol. The van der Waals surface area contributed by atoms with E-state index in [2.05, 4.69) is 75.9 Å². The van der Waals surface area contributed by atoms with Crippen LogP contribution in [0.25, 0.3) is 44.5 Å². The third kappa shape index (κ3) is 5.32. The first kappa shape index (κ1) is 29.9. The normalized spacial score (nSPS) is 18.4. The summed E-state index contributed by atoms with van der Waals surface area (Å²) in [4.78, 5) is 32.3. The molecular formula is C39H44N6O2. The molecule has 1 saturated heterocycles. The lowest BCUT2D eigenvalue weighted by Gasteiger charge is -2.48. The summed E-state index contributed by atoms with van der Waals surface area (Å²) in [7, 11) is 0. The average molecular weight is 629 g/mol. The molecule has 8 nitrogen and oxygen atoms in total. The number of carbonyl (C=O) groups is 1. The van der Waals surface area contributed by atoms with Gasteiger partial charge >= 0.3 is 6.09 Å². The lowest BCUT2D eigenvalue weighted by atomic mass is 9.74. The van der Waals surface area contributed by atoms with Gasteiger partial charge in [0.05, 0.1) is 22.8 Å². The summed E-state index contributed by atoms with van der Waals surface area (Å²) in [5, 5.41) is 3.57. The summed E-state index contributed by atoms with van der Waals surface area (Å²) in [6.07, 6.45) is 6.91. The number of amides is 1. The number of nitrogens with zero attached hydrogens (tertiary/aromatic N) is 3. The van der Waals surface area contributed by atoms with Gasteiger partial charge in [-0.05, 0) is 119 Å². The van der Waals surface area contributed by atoms with Crippen molar-refractivity contribution in [1.29, 1.82) is 0 Å². The first-order valence-electron chi connectivity index (χ1n) is 17.3. The summed E-state index contributed by atoms with van der Waals surface area (Å²) in [6, 6.07) is 22.4. The Labute approximate surface area is 276 Å². The quantitative estimate of drug-likeness (QED) is 0.175. The Kier molecular flexibility index (Phi) is 7.24. The Bertz CT molecular complexity index is 1950. The van der Waals surface area contributed by atoms with Crippen molar-refractivity contribution in [3.05, 3.63) is 83.6 Å². The van der Waals surface area contributed by atoms with Crippen LogP contribution in [0, 0.1) is 0 Å². The minimum absolute atomic E-state index is 0.281. The summed E-state index contributed by atoms with van der Waals surface area (Å²) < 4.78 is 5.79. The van der Waals surface area contributed by atoms with Crippen molar-refractivity contribution in [3.63, 3.8) is 0 Å². The molecule has 0 spiro atoms. The molecule has 3 heterocycles. The smallest absolute Gasteiger partial charge is 0.411 e. The molecule has 2 aromatic heterocycles. The minimum Gasteiger partial charge on any atom is -0.444 e. The van der Waals surface area contributed by atoms with Crippen molar-refractivity contribution in [2.24, 2.45) is 0 Å². The maximum absolute atomic E-state index is 13.2. The van der Waals surface area contributed by atoms with E-state index in [1.54, 1.807) is 0 Å². The van der Waals surface area contributed by atoms with Gasteiger partial charge in [-0.1, -0.05) is 48.5 Å². The first-order chi connectivity index (χ1) is 22.7. The van der Waals surface area contributed by atoms with E-state index in [4.69, 9.17) is 14.7 Å². The molecule has 47 heavy (non-hydrogen) atoms. The highest BCUT2D eigenvalue weighted by atomic mass is 16.6. The van der Waals surface area contributed by atoms with Crippen molar-refractivity contribution < 1.29 is 9.53 Å². The molecule has 0 unspecified atom stereocenters. The number of aromatic nitrogens is 4. The number of hydrogen-bond acceptors (Lipinski definition) is 5. The molecule has 2 aliphatic carbocycles. The maximum atomic E-state index is 13.2.